The lowest BCUT2D eigenvalue weighted by molar-refractivity contribution is -0.192. The number of hydrogen-bond donors (Lipinski definition) is 2. The van der Waals surface area contributed by atoms with Crippen LogP contribution in [0.4, 0.5) is 28.2 Å². The second-order valence-electron chi connectivity index (χ2n) is 8.75. The van der Waals surface area contributed by atoms with Gasteiger partial charge < -0.3 is 14.7 Å². The zero-order chi connectivity index (χ0) is 28.3. The number of ketones is 1. The van der Waals surface area contributed by atoms with Gasteiger partial charge in [-0.1, -0.05) is 6.07 Å². The molecule has 0 spiro atoms. The Labute approximate surface area is 217 Å². The number of ether oxygens (including phenoxy) is 1. The summed E-state index contributed by atoms with van der Waals surface area (Å²) in [4.78, 5) is 41.7. The van der Waals surface area contributed by atoms with Gasteiger partial charge in [0.2, 0.25) is 0 Å². The van der Waals surface area contributed by atoms with Crippen LogP contribution < -0.4 is 5.32 Å². The Hall–Kier alpha value is -3.58. The number of aromatic nitrogens is 1. The van der Waals surface area contributed by atoms with Gasteiger partial charge in [-0.15, -0.1) is 0 Å². The standard InChI is InChI=1S/C23H29FN4O3.C2HF3O2/c1-27(23(30)26-22-8-3-18(13-25-22)16-31-2)14-17-9-11-28(12-10-17)15-21(29)19-4-6-20(24)7-5-19;3-2(4,5)1(6)7/h3-8,13,17H,9-12,14-16H2,1-2H3,(H,25,26,30);(H,6,7). The SMILES string of the molecule is COCc1ccc(NC(=O)N(C)CC2CCN(CC(=O)c3ccc(F)cc3)CC2)nc1.O=C(O)C(F)(F)F. The number of nitrogens with zero attached hydrogens (tertiary/aromatic N) is 3. The van der Waals surface area contributed by atoms with E-state index >= 15 is 0 Å². The highest BCUT2D eigenvalue weighted by Gasteiger charge is 2.38. The van der Waals surface area contributed by atoms with Gasteiger partial charge in [-0.25, -0.2) is 19.0 Å². The van der Waals surface area contributed by atoms with Crippen molar-refractivity contribution in [1.82, 2.24) is 14.8 Å². The van der Waals surface area contributed by atoms with Crippen LogP contribution in [0.5, 0.6) is 0 Å². The molecule has 3 rings (SSSR count). The molecular formula is C25H30F4N4O5. The molecule has 1 aliphatic heterocycles. The Morgan fingerprint density at radius 1 is 1.13 bits per heavy atom. The molecule has 2 N–H and O–H groups in total. The number of hydrogen-bond acceptors (Lipinski definition) is 6. The Morgan fingerprint density at radius 2 is 1.74 bits per heavy atom. The smallest absolute Gasteiger partial charge is 0.475 e. The Bertz CT molecular complexity index is 1060. The number of nitrogens with one attached hydrogen (secondary N) is 1. The first-order valence-electron chi connectivity index (χ1n) is 11.7. The topological polar surface area (TPSA) is 112 Å². The largest absolute Gasteiger partial charge is 0.490 e. The van der Waals surface area contributed by atoms with Crippen molar-refractivity contribution < 1.29 is 41.8 Å². The van der Waals surface area contributed by atoms with Crippen molar-refractivity contribution in [1.29, 1.82) is 0 Å². The van der Waals surface area contributed by atoms with Gasteiger partial charge >= 0.3 is 18.2 Å². The molecule has 38 heavy (non-hydrogen) atoms. The van der Waals surface area contributed by atoms with Gasteiger partial charge in [0.15, 0.2) is 5.78 Å². The molecule has 1 aromatic heterocycles. The van der Waals surface area contributed by atoms with Crippen molar-refractivity contribution >= 4 is 23.6 Å². The fourth-order valence-corrected chi connectivity index (χ4v) is 3.68. The number of carboxylic acid groups (broad SMARTS) is 1. The number of amides is 2. The minimum absolute atomic E-state index is 0.000960. The Morgan fingerprint density at radius 3 is 2.24 bits per heavy atom. The van der Waals surface area contributed by atoms with Gasteiger partial charge in [0.25, 0.3) is 0 Å². The van der Waals surface area contributed by atoms with Crippen LogP contribution in [0.3, 0.4) is 0 Å². The molecule has 1 aliphatic rings. The van der Waals surface area contributed by atoms with Gasteiger partial charge in [0.1, 0.15) is 11.6 Å². The number of Topliss-reactive ketones (excluding diaryl/α,β-unsaturated/α-hetero) is 1. The summed E-state index contributed by atoms with van der Waals surface area (Å²) in [6, 6.07) is 9.11. The van der Waals surface area contributed by atoms with Crippen molar-refractivity contribution in [3.8, 4) is 0 Å². The van der Waals surface area contributed by atoms with Gasteiger partial charge in [-0.05, 0) is 67.7 Å². The molecule has 0 saturated carbocycles. The zero-order valence-electron chi connectivity index (χ0n) is 21.0. The highest BCUT2D eigenvalue weighted by atomic mass is 19.4. The molecule has 208 valence electrons. The van der Waals surface area contributed by atoms with E-state index < -0.39 is 12.1 Å². The summed E-state index contributed by atoms with van der Waals surface area (Å²) in [6.07, 6.45) is -1.57. The molecule has 0 atom stereocenters. The maximum Gasteiger partial charge on any atom is 0.490 e. The lowest BCUT2D eigenvalue weighted by Gasteiger charge is -2.33. The van der Waals surface area contributed by atoms with Crippen molar-refractivity contribution in [2.24, 2.45) is 5.92 Å². The predicted molar refractivity (Wildman–Crippen MR) is 130 cm³/mol. The number of likely N-dealkylation sites (tertiary alicyclic amines) is 1. The molecule has 2 aromatic rings. The van der Waals surface area contributed by atoms with Gasteiger partial charge in [-0.2, -0.15) is 13.2 Å². The number of carboxylic acids is 1. The van der Waals surface area contributed by atoms with Gasteiger partial charge in [0.05, 0.1) is 13.2 Å². The van der Waals surface area contributed by atoms with Crippen LogP contribution in [0.15, 0.2) is 42.6 Å². The number of methoxy groups -OCH3 is 1. The number of alkyl halides is 3. The lowest BCUT2D eigenvalue weighted by atomic mass is 9.96. The number of piperidine rings is 1. The number of urea groups is 1. The quantitative estimate of drug-likeness (QED) is 0.382. The first-order valence-corrected chi connectivity index (χ1v) is 11.7. The summed E-state index contributed by atoms with van der Waals surface area (Å²) in [7, 11) is 3.40. The minimum atomic E-state index is -5.08. The van der Waals surface area contributed by atoms with E-state index in [1.807, 2.05) is 6.07 Å². The Balaban J connectivity index is 0.000000638. The number of carbonyl (C=O) groups is 3. The van der Waals surface area contributed by atoms with E-state index in [0.717, 1.165) is 31.5 Å². The van der Waals surface area contributed by atoms with Crippen LogP contribution in [0.1, 0.15) is 28.8 Å². The van der Waals surface area contributed by atoms with E-state index in [4.69, 9.17) is 14.6 Å². The molecule has 1 saturated heterocycles. The Kier molecular flexibility index (Phi) is 11.6. The number of halogens is 4. The third kappa shape index (κ3) is 10.4. The molecule has 1 aromatic carbocycles. The third-order valence-electron chi connectivity index (χ3n) is 5.73. The van der Waals surface area contributed by atoms with Crippen LogP contribution >= 0.6 is 0 Å². The third-order valence-corrected chi connectivity index (χ3v) is 5.73. The molecule has 1 fully saturated rings. The summed E-state index contributed by atoms with van der Waals surface area (Å²) in [6.45, 7) is 3.06. The molecule has 9 nitrogen and oxygen atoms in total. The van der Waals surface area contributed by atoms with E-state index in [1.54, 1.807) is 31.3 Å². The van der Waals surface area contributed by atoms with Gasteiger partial charge in [-0.3, -0.25) is 15.0 Å². The molecule has 2 heterocycles. The maximum atomic E-state index is 13.0. The molecule has 2 amide bonds. The highest BCUT2D eigenvalue weighted by molar-refractivity contribution is 5.97. The summed E-state index contributed by atoms with van der Waals surface area (Å²) >= 11 is 0. The first kappa shape index (κ1) is 30.6. The van der Waals surface area contributed by atoms with Crippen LogP contribution in [0.2, 0.25) is 0 Å². The zero-order valence-corrected chi connectivity index (χ0v) is 21.0. The second kappa shape index (κ2) is 14.4. The number of pyridine rings is 1. The van der Waals surface area contributed by atoms with E-state index in [1.165, 1.54) is 24.3 Å². The molecule has 0 unspecified atom stereocenters. The van der Waals surface area contributed by atoms with Crippen LogP contribution in [-0.4, -0.2) is 84.2 Å². The monoisotopic (exact) mass is 542 g/mol. The molecule has 0 radical (unpaired) electrons. The van der Waals surface area contributed by atoms with E-state index in [9.17, 15) is 27.2 Å². The van der Waals surface area contributed by atoms with Crippen LogP contribution in [0, 0.1) is 11.7 Å². The van der Waals surface area contributed by atoms with Crippen molar-refractivity contribution in [3.63, 3.8) is 0 Å². The summed E-state index contributed by atoms with van der Waals surface area (Å²) < 4.78 is 49.8. The van der Waals surface area contributed by atoms with Crippen LogP contribution in [0.25, 0.3) is 0 Å². The van der Waals surface area contributed by atoms with Crippen molar-refractivity contribution in [3.05, 3.63) is 59.5 Å². The molecule has 0 bridgehead atoms. The second-order valence-corrected chi connectivity index (χ2v) is 8.75. The van der Waals surface area contributed by atoms with Gasteiger partial charge in [0, 0.05) is 32.5 Å². The summed E-state index contributed by atoms with van der Waals surface area (Å²) in [5.74, 6) is -2.22. The maximum absolute atomic E-state index is 13.0. The van der Waals surface area contributed by atoms with Crippen molar-refractivity contribution in [2.45, 2.75) is 25.6 Å². The minimum Gasteiger partial charge on any atom is -0.475 e. The molecular weight excluding hydrogens is 512 g/mol. The summed E-state index contributed by atoms with van der Waals surface area (Å²) in [5.41, 5.74) is 1.47. The fraction of sp³-hybridized carbons (Fsp3) is 0.440. The lowest BCUT2D eigenvalue weighted by Crippen LogP contribution is -2.42. The average Bonchev–Trinajstić information content (AvgIpc) is 2.86. The molecule has 13 heteroatoms. The average molecular weight is 543 g/mol. The summed E-state index contributed by atoms with van der Waals surface area (Å²) in [5, 5.41) is 9.94. The number of carbonyl (C=O) groups excluding carboxylic acids is 2. The fourth-order valence-electron chi connectivity index (χ4n) is 3.68. The number of anilines is 1. The number of aliphatic carboxylic acids is 1. The normalized spacial score (nSPS) is 14.3. The van der Waals surface area contributed by atoms with E-state index in [-0.39, 0.29) is 17.6 Å². The van der Waals surface area contributed by atoms with E-state index in [0.29, 0.717) is 37.0 Å². The first-order chi connectivity index (χ1) is 17.9. The molecule has 0 aliphatic carbocycles. The number of rotatable bonds is 8. The predicted octanol–water partition coefficient (Wildman–Crippen LogP) is 4.06. The van der Waals surface area contributed by atoms with E-state index in [2.05, 4.69) is 15.2 Å². The number of benzene rings is 1. The van der Waals surface area contributed by atoms with Crippen molar-refractivity contribution in [2.75, 3.05) is 45.7 Å². The highest BCUT2D eigenvalue weighted by Crippen LogP contribution is 2.19. The van der Waals surface area contributed by atoms with Crippen LogP contribution in [-0.2, 0) is 16.1 Å².